The molecule has 1 aromatic heterocycles. The van der Waals surface area contributed by atoms with E-state index in [1.807, 2.05) is 60.7 Å². The van der Waals surface area contributed by atoms with E-state index in [0.717, 1.165) is 11.1 Å². The number of likely N-dealkylation sites (N-methyl/N-ethyl adjacent to an activating group) is 1. The van der Waals surface area contributed by atoms with Gasteiger partial charge in [0.25, 0.3) is 0 Å². The summed E-state index contributed by atoms with van der Waals surface area (Å²) in [6, 6.07) is 22.2. The standard InChI is InChI=1S/C36H42N6O6.ClH/c1-24(44)33(40-32(45)17-18-37)35(47)38-29(20-27-22-42(23-43)31-16-10-9-15-28(27)31)34(46)39-30(19-25-11-5-3-6-12-25)36(48)41(2)21-26-13-7-4-8-14-26;/h3-16,22-24,29-30,33,44H,17-21,37H2,1-2H3,(H,38,47)(H,39,46)(H,40,45);1H/t24?,29-,30+,33?;/m1./s1. The number of nitrogens with one attached hydrogen (secondary N) is 3. The second-order valence-electron chi connectivity index (χ2n) is 11.7. The number of carbonyl (C=O) groups excluding carboxylic acids is 5. The minimum Gasteiger partial charge on any atom is -0.391 e. The first-order valence-corrected chi connectivity index (χ1v) is 15.8. The van der Waals surface area contributed by atoms with Gasteiger partial charge in [0.05, 0.1) is 11.6 Å². The number of hydrogen-bond donors (Lipinski definition) is 5. The lowest BCUT2D eigenvalue weighted by Gasteiger charge is -2.28. The second kappa shape index (κ2) is 18.5. The lowest BCUT2D eigenvalue weighted by Crippen LogP contribution is -2.59. The van der Waals surface area contributed by atoms with Gasteiger partial charge in [-0.1, -0.05) is 78.9 Å². The van der Waals surface area contributed by atoms with Gasteiger partial charge in [-0.3, -0.25) is 28.5 Å². The second-order valence-corrected chi connectivity index (χ2v) is 11.7. The average Bonchev–Trinajstić information content (AvgIpc) is 3.44. The van der Waals surface area contributed by atoms with Gasteiger partial charge in [0.2, 0.25) is 30.0 Å². The molecular weight excluding hydrogens is 648 g/mol. The van der Waals surface area contributed by atoms with Crippen LogP contribution in [0, 0.1) is 0 Å². The zero-order valence-electron chi connectivity index (χ0n) is 27.5. The lowest BCUT2D eigenvalue weighted by atomic mass is 10.0. The van der Waals surface area contributed by atoms with E-state index in [0.29, 0.717) is 29.4 Å². The smallest absolute Gasteiger partial charge is 0.245 e. The SMILES string of the molecule is CC(O)C(NC(=O)CCN)C(=O)N[C@H](Cc1cn(C=O)c2ccccc12)C(=O)N[C@@H](Cc1ccccc1)C(=O)N(C)Cc1ccccc1.Cl. The lowest BCUT2D eigenvalue weighted by molar-refractivity contribution is -0.137. The van der Waals surface area contributed by atoms with Crippen molar-refractivity contribution < 1.29 is 29.1 Å². The molecule has 0 aliphatic carbocycles. The minimum atomic E-state index is -1.38. The van der Waals surface area contributed by atoms with Crippen LogP contribution in [0.5, 0.6) is 0 Å². The molecule has 4 atom stereocenters. The van der Waals surface area contributed by atoms with Crippen LogP contribution in [0.3, 0.4) is 0 Å². The van der Waals surface area contributed by atoms with Crippen LogP contribution < -0.4 is 21.7 Å². The number of benzene rings is 3. The summed E-state index contributed by atoms with van der Waals surface area (Å²) < 4.78 is 1.38. The summed E-state index contributed by atoms with van der Waals surface area (Å²) in [6.45, 7) is 1.70. The Kier molecular flexibility index (Phi) is 14.5. The van der Waals surface area contributed by atoms with Gasteiger partial charge < -0.3 is 31.7 Å². The first-order valence-electron chi connectivity index (χ1n) is 15.8. The molecule has 0 radical (unpaired) electrons. The molecule has 3 aromatic carbocycles. The Bertz CT molecular complexity index is 1720. The number of rotatable bonds is 16. The number of aromatic nitrogens is 1. The van der Waals surface area contributed by atoms with Gasteiger partial charge in [-0.15, -0.1) is 12.4 Å². The van der Waals surface area contributed by atoms with Gasteiger partial charge in [0.15, 0.2) is 0 Å². The van der Waals surface area contributed by atoms with Crippen molar-refractivity contribution in [1.29, 1.82) is 0 Å². The molecule has 0 saturated carbocycles. The number of hydrogen-bond acceptors (Lipinski definition) is 7. The molecule has 260 valence electrons. The molecule has 4 amide bonds. The summed E-state index contributed by atoms with van der Waals surface area (Å²) in [4.78, 5) is 67.3. The van der Waals surface area contributed by atoms with Crippen molar-refractivity contribution >= 4 is 53.3 Å². The highest BCUT2D eigenvalue weighted by atomic mass is 35.5. The van der Waals surface area contributed by atoms with Crippen LogP contribution in [0.25, 0.3) is 10.9 Å². The number of aliphatic hydroxyl groups excluding tert-OH is 1. The van der Waals surface area contributed by atoms with E-state index in [1.54, 1.807) is 37.5 Å². The number of nitrogens with two attached hydrogens (primary N) is 1. The monoisotopic (exact) mass is 690 g/mol. The van der Waals surface area contributed by atoms with Crippen LogP contribution in [-0.4, -0.2) is 82.4 Å². The number of nitrogens with zero attached hydrogens (tertiary/aromatic N) is 2. The Morgan fingerprint density at radius 2 is 1.43 bits per heavy atom. The molecular formula is C36H43ClN6O6. The molecule has 0 saturated heterocycles. The fraction of sp³-hybridized carbons (Fsp3) is 0.306. The zero-order valence-corrected chi connectivity index (χ0v) is 28.3. The largest absolute Gasteiger partial charge is 0.391 e. The van der Waals surface area contributed by atoms with Gasteiger partial charge in [0.1, 0.15) is 18.1 Å². The predicted octanol–water partition coefficient (Wildman–Crippen LogP) is 1.73. The number of halogens is 1. The summed E-state index contributed by atoms with van der Waals surface area (Å²) in [5.41, 5.74) is 8.41. The number of aliphatic hydroxyl groups is 1. The normalized spacial score (nSPS) is 13.2. The molecule has 1 heterocycles. The highest BCUT2D eigenvalue weighted by Gasteiger charge is 2.33. The minimum absolute atomic E-state index is 0. The molecule has 13 heteroatoms. The third-order valence-corrected chi connectivity index (χ3v) is 7.98. The van der Waals surface area contributed by atoms with Crippen molar-refractivity contribution in [1.82, 2.24) is 25.4 Å². The van der Waals surface area contributed by atoms with Crippen LogP contribution in [0.1, 0.15) is 30.0 Å². The first-order chi connectivity index (χ1) is 23.1. The van der Waals surface area contributed by atoms with Crippen LogP contribution >= 0.6 is 12.4 Å². The molecule has 0 aliphatic heterocycles. The summed E-state index contributed by atoms with van der Waals surface area (Å²) in [6.07, 6.45) is 0.986. The van der Waals surface area contributed by atoms with Crippen molar-refractivity contribution in [2.24, 2.45) is 5.73 Å². The van der Waals surface area contributed by atoms with Crippen molar-refractivity contribution in [2.75, 3.05) is 13.6 Å². The number of para-hydroxylation sites is 1. The van der Waals surface area contributed by atoms with Crippen LogP contribution in [0.15, 0.2) is 91.1 Å². The van der Waals surface area contributed by atoms with Crippen LogP contribution in [0.2, 0.25) is 0 Å². The van der Waals surface area contributed by atoms with E-state index in [9.17, 15) is 29.1 Å². The molecule has 6 N–H and O–H groups in total. The Labute approximate surface area is 291 Å². The van der Waals surface area contributed by atoms with E-state index >= 15 is 0 Å². The van der Waals surface area contributed by atoms with E-state index in [-0.39, 0.29) is 44.1 Å². The Balaban J connectivity index is 0.00000650. The van der Waals surface area contributed by atoms with Crippen molar-refractivity contribution in [3.05, 3.63) is 108 Å². The first kappa shape index (κ1) is 38.4. The molecule has 4 rings (SSSR count). The van der Waals surface area contributed by atoms with Crippen molar-refractivity contribution in [2.45, 2.75) is 57.0 Å². The van der Waals surface area contributed by atoms with E-state index in [4.69, 9.17) is 5.73 Å². The summed E-state index contributed by atoms with van der Waals surface area (Å²) >= 11 is 0. The van der Waals surface area contributed by atoms with Crippen LogP contribution in [-0.2, 0) is 43.4 Å². The number of fused-ring (bicyclic) bond motifs is 1. The molecule has 12 nitrogen and oxygen atoms in total. The maximum Gasteiger partial charge on any atom is 0.245 e. The molecule has 0 fully saturated rings. The van der Waals surface area contributed by atoms with Gasteiger partial charge in [-0.05, 0) is 29.7 Å². The number of amides is 4. The van der Waals surface area contributed by atoms with Gasteiger partial charge in [-0.25, -0.2) is 0 Å². The van der Waals surface area contributed by atoms with Crippen LogP contribution in [0.4, 0.5) is 0 Å². The quantitative estimate of drug-likeness (QED) is 0.111. The molecule has 4 aromatic rings. The van der Waals surface area contributed by atoms with E-state index in [2.05, 4.69) is 16.0 Å². The molecule has 49 heavy (non-hydrogen) atoms. The third kappa shape index (κ3) is 10.5. The molecule has 0 bridgehead atoms. The van der Waals surface area contributed by atoms with Crippen molar-refractivity contribution in [3.8, 4) is 0 Å². The third-order valence-electron chi connectivity index (χ3n) is 7.98. The summed E-state index contributed by atoms with van der Waals surface area (Å²) in [5, 5.41) is 19.1. The van der Waals surface area contributed by atoms with E-state index < -0.39 is 42.0 Å². The Morgan fingerprint density at radius 1 is 0.837 bits per heavy atom. The summed E-state index contributed by atoms with van der Waals surface area (Å²) in [7, 11) is 1.66. The molecule has 0 aliphatic rings. The molecule has 0 spiro atoms. The number of carbonyl (C=O) groups is 5. The van der Waals surface area contributed by atoms with Crippen molar-refractivity contribution in [3.63, 3.8) is 0 Å². The van der Waals surface area contributed by atoms with Gasteiger partial charge in [-0.2, -0.15) is 0 Å². The molecule has 2 unspecified atom stereocenters. The summed E-state index contributed by atoms with van der Waals surface area (Å²) in [5.74, 6) is -2.34. The van der Waals surface area contributed by atoms with E-state index in [1.165, 1.54) is 16.4 Å². The maximum absolute atomic E-state index is 14.2. The predicted molar refractivity (Wildman–Crippen MR) is 189 cm³/mol. The fourth-order valence-corrected chi connectivity index (χ4v) is 5.52. The van der Waals surface area contributed by atoms with Gasteiger partial charge in [0, 0.05) is 51.0 Å². The average molecular weight is 691 g/mol. The highest BCUT2D eigenvalue weighted by molar-refractivity contribution is 5.96. The zero-order chi connectivity index (χ0) is 34.6. The Morgan fingerprint density at radius 3 is 2.04 bits per heavy atom. The maximum atomic E-state index is 14.2. The Hall–Kier alpha value is -5.04. The van der Waals surface area contributed by atoms with Gasteiger partial charge >= 0.3 is 0 Å². The fourth-order valence-electron chi connectivity index (χ4n) is 5.52. The highest BCUT2D eigenvalue weighted by Crippen LogP contribution is 2.22. The topological polar surface area (TPSA) is 176 Å².